The molecule has 6 rings (SSSR count). The molecule has 0 saturated carbocycles. The molecule has 0 N–H and O–H groups in total. The van der Waals surface area contributed by atoms with Gasteiger partial charge in [-0.05, 0) is 95.5 Å². The summed E-state index contributed by atoms with van der Waals surface area (Å²) in [7, 11) is 6.28. The maximum atomic E-state index is 7.44. The monoisotopic (exact) mass is 857 g/mol. The van der Waals surface area contributed by atoms with Crippen LogP contribution in [0.2, 0.25) is 0 Å². The molecular formula is C43H64ClN9Ni2-7. The number of anilines is 4. The molecule has 0 aromatic heterocycles. The van der Waals surface area contributed by atoms with Gasteiger partial charge in [0.1, 0.15) is 0 Å². The summed E-state index contributed by atoms with van der Waals surface area (Å²) in [6.45, 7) is 24.1. The number of benzene rings is 2. The molecule has 0 radical (unpaired) electrons. The minimum Gasteiger partial charge on any atom is 0 e. The van der Waals surface area contributed by atoms with E-state index in [9.17, 15) is 0 Å². The number of nitrogens with zero attached hydrogens (tertiary/aromatic N) is 9. The molecule has 0 saturated heterocycles. The molecule has 0 unspecified atom stereocenters. The average molecular weight is 860 g/mol. The van der Waals surface area contributed by atoms with E-state index in [1.165, 1.54) is 44.9 Å². The van der Waals surface area contributed by atoms with Gasteiger partial charge >= 0.3 is 24.8 Å². The van der Waals surface area contributed by atoms with Gasteiger partial charge in [0, 0.05) is 16.5 Å². The van der Waals surface area contributed by atoms with Crippen molar-refractivity contribution >= 4 is 39.2 Å². The Hall–Kier alpha value is -3.25. The van der Waals surface area contributed by atoms with Crippen LogP contribution in [0.15, 0.2) is 86.0 Å². The van der Waals surface area contributed by atoms with Gasteiger partial charge in [0.15, 0.2) is 0 Å². The van der Waals surface area contributed by atoms with Gasteiger partial charge in [-0.25, -0.2) is 6.21 Å². The molecule has 0 atom stereocenters. The van der Waals surface area contributed by atoms with Crippen LogP contribution in [0.5, 0.6) is 0 Å². The summed E-state index contributed by atoms with van der Waals surface area (Å²) in [6, 6.07) is 19.5. The maximum absolute atomic E-state index is 7.44. The SMILES string of the molecule is C.CC=[N-].CCC.CCCCN1C=CN(c2[c-]c(N3C=CN(C)[CH-]3)ccc2)[CH-]1.CCCCN1C=CN(c2[c-]c(N3C=CN(CCCC)[CH-]3)ccc2)[CH-]1.[Cl][Ni].[Ni]. The van der Waals surface area contributed by atoms with Crippen molar-refractivity contribution in [3.63, 3.8) is 0 Å². The van der Waals surface area contributed by atoms with Crippen LogP contribution in [-0.4, -0.2) is 52.5 Å². The minimum atomic E-state index is 0. The molecule has 0 aliphatic carbocycles. The van der Waals surface area contributed by atoms with Gasteiger partial charge in [-0.3, -0.25) is 0 Å². The van der Waals surface area contributed by atoms with E-state index in [-0.39, 0.29) is 23.9 Å². The Balaban J connectivity index is 0.000000870. The summed E-state index contributed by atoms with van der Waals surface area (Å²) in [5, 5.41) is 7.44. The molecule has 315 valence electrons. The third kappa shape index (κ3) is 18.5. The number of hydrogen-bond acceptors (Lipinski definition) is 8. The summed E-state index contributed by atoms with van der Waals surface area (Å²) in [5.41, 5.74) is 4.23. The van der Waals surface area contributed by atoms with Crippen LogP contribution in [0.25, 0.3) is 5.41 Å². The smallest absolute Gasteiger partial charge is 0 e. The fourth-order valence-electron chi connectivity index (χ4n) is 5.11. The van der Waals surface area contributed by atoms with Crippen molar-refractivity contribution < 1.29 is 31.1 Å². The third-order valence-corrected chi connectivity index (χ3v) is 7.79. The summed E-state index contributed by atoms with van der Waals surface area (Å²) in [5.74, 6) is 0. The maximum Gasteiger partial charge on any atom is 0 e. The summed E-state index contributed by atoms with van der Waals surface area (Å²) in [4.78, 5) is 17.2. The first kappa shape index (κ1) is 51.7. The van der Waals surface area contributed by atoms with Crippen molar-refractivity contribution in [3.05, 3.63) is 130 Å². The van der Waals surface area contributed by atoms with E-state index in [1.807, 2.05) is 31.0 Å². The van der Waals surface area contributed by atoms with E-state index in [4.69, 9.17) is 5.41 Å². The van der Waals surface area contributed by atoms with Crippen molar-refractivity contribution in [1.29, 1.82) is 0 Å². The van der Waals surface area contributed by atoms with Gasteiger partial charge in [-0.2, -0.15) is 38.8 Å². The predicted octanol–water partition coefficient (Wildman–Crippen LogP) is 11.2. The van der Waals surface area contributed by atoms with Crippen LogP contribution in [0, 0.1) is 38.8 Å². The zero-order valence-electron chi connectivity index (χ0n) is 33.1. The zero-order valence-corrected chi connectivity index (χ0v) is 35.8. The second-order valence-corrected chi connectivity index (χ2v) is 12.5. The van der Waals surface area contributed by atoms with Crippen LogP contribution in [0.4, 0.5) is 22.7 Å². The van der Waals surface area contributed by atoms with Crippen LogP contribution in [0.1, 0.15) is 93.9 Å². The van der Waals surface area contributed by atoms with Crippen molar-refractivity contribution in [2.24, 2.45) is 0 Å². The molecule has 9 nitrogen and oxygen atoms in total. The van der Waals surface area contributed by atoms with Gasteiger partial charge in [-0.1, -0.05) is 74.7 Å². The van der Waals surface area contributed by atoms with E-state index >= 15 is 0 Å². The van der Waals surface area contributed by atoms with Crippen LogP contribution >= 0.6 is 10.2 Å². The van der Waals surface area contributed by atoms with E-state index in [1.54, 1.807) is 6.92 Å². The third-order valence-electron chi connectivity index (χ3n) is 7.79. The molecule has 2 aromatic carbocycles. The first-order valence-corrected chi connectivity index (χ1v) is 20.1. The second kappa shape index (κ2) is 30.9. The van der Waals surface area contributed by atoms with Gasteiger partial charge in [0.25, 0.3) is 0 Å². The first-order valence-electron chi connectivity index (χ1n) is 18.7. The van der Waals surface area contributed by atoms with Crippen LogP contribution in [-0.2, 0) is 31.1 Å². The molecule has 4 aliphatic heterocycles. The summed E-state index contributed by atoms with van der Waals surface area (Å²) >= 11 is 3.35. The predicted molar refractivity (Wildman–Crippen MR) is 230 cm³/mol. The van der Waals surface area contributed by atoms with E-state index in [0.717, 1.165) is 48.6 Å². The van der Waals surface area contributed by atoms with Crippen molar-refractivity contribution in [2.45, 2.75) is 93.9 Å². The van der Waals surface area contributed by atoms with Crippen molar-refractivity contribution in [2.75, 3.05) is 46.3 Å². The van der Waals surface area contributed by atoms with Gasteiger partial charge in [-0.15, -0.1) is 59.1 Å². The molecule has 0 bridgehead atoms. The molecule has 4 heterocycles. The zero-order chi connectivity index (χ0) is 38.8. The van der Waals surface area contributed by atoms with Gasteiger partial charge < -0.3 is 44.6 Å². The fourth-order valence-corrected chi connectivity index (χ4v) is 5.11. The largest absolute Gasteiger partial charge is 0 e. The normalized spacial score (nSPS) is 14.7. The Kier molecular flexibility index (Phi) is 29.1. The Morgan fingerprint density at radius 1 is 0.582 bits per heavy atom. The minimum absolute atomic E-state index is 0. The number of halogens is 1. The Labute approximate surface area is 358 Å². The first-order chi connectivity index (χ1) is 25.9. The van der Waals surface area contributed by atoms with E-state index < -0.39 is 0 Å². The topological polar surface area (TPSA) is 48.2 Å². The van der Waals surface area contributed by atoms with Crippen LogP contribution < -0.4 is 19.6 Å². The summed E-state index contributed by atoms with van der Waals surface area (Å²) < 4.78 is 0. The average Bonchev–Trinajstić information content (AvgIpc) is 4.03. The number of hydrogen-bond donors (Lipinski definition) is 0. The second-order valence-electron chi connectivity index (χ2n) is 12.5. The van der Waals surface area contributed by atoms with Crippen LogP contribution in [0.3, 0.4) is 0 Å². The van der Waals surface area contributed by atoms with Gasteiger partial charge in [0.05, 0.1) is 0 Å². The molecule has 0 amide bonds. The molecule has 0 fully saturated rings. The Bertz CT molecular complexity index is 1360. The fraction of sp³-hybridized carbons (Fsp3) is 0.419. The molecule has 0 spiro atoms. The standard InChI is InChI=1S/C20H27N4.C17H21N4.C3H8.C2H4N.CH4.ClH.2Ni/c1-3-5-10-21-12-14-23(17-21)19-8-7-9-20(16-19)24-15-13-22(18-24)11-6-4-2;1-3-4-8-19-10-12-21(15-19)17-7-5-6-16(13-17)20-11-9-18(2)14-20;1-3-2;1-2-3;;;;/h7-9,12-15,17-18H,3-6,10-11H2,1-2H3;5-7,9-12,14-15H,3-4,8H2,1-2H3;3H2,1-2H3;2H,1H3;1H4;1H;;/q2*-3;;-1;;;;+1/p-1. The van der Waals surface area contributed by atoms with Crippen molar-refractivity contribution in [1.82, 2.24) is 19.6 Å². The molecule has 2 aromatic rings. The number of rotatable bonds is 13. The van der Waals surface area contributed by atoms with Crippen molar-refractivity contribution in [3.8, 4) is 0 Å². The molecule has 55 heavy (non-hydrogen) atoms. The summed E-state index contributed by atoms with van der Waals surface area (Å²) in [6.07, 6.45) is 26.2. The quantitative estimate of drug-likeness (QED) is 0.112. The number of unbranched alkanes of at least 4 members (excludes halogenated alkanes) is 3. The molecular weight excluding hydrogens is 795 g/mol. The van der Waals surface area contributed by atoms with E-state index in [0.29, 0.717) is 0 Å². The Morgan fingerprint density at radius 2 is 0.855 bits per heavy atom. The Morgan fingerprint density at radius 3 is 1.11 bits per heavy atom. The molecule has 12 heteroatoms. The van der Waals surface area contributed by atoms with E-state index in [2.05, 4.69) is 199 Å². The molecule has 4 aliphatic rings. The van der Waals surface area contributed by atoms with Gasteiger partial charge in [0.2, 0.25) is 0 Å².